The van der Waals surface area contributed by atoms with Crippen molar-refractivity contribution in [2.75, 3.05) is 26.7 Å². The molecule has 0 radical (unpaired) electrons. The fraction of sp³-hybridized carbons (Fsp3) is 0.625. The van der Waals surface area contributed by atoms with Crippen LogP contribution in [0, 0.1) is 5.41 Å². The molecular formula is C16H24BrClN2. The molecule has 0 amide bonds. The molecule has 4 heteroatoms. The number of nitrogens with one attached hydrogen (secondary N) is 1. The molecule has 2 rings (SSSR count). The number of halogens is 2. The van der Waals surface area contributed by atoms with Gasteiger partial charge in [-0.1, -0.05) is 40.5 Å². The maximum Gasteiger partial charge on any atom is 0.0464 e. The number of likely N-dealkylation sites (tertiary alicyclic amines) is 1. The van der Waals surface area contributed by atoms with E-state index in [1.54, 1.807) is 0 Å². The van der Waals surface area contributed by atoms with Crippen LogP contribution in [0.15, 0.2) is 22.7 Å². The van der Waals surface area contributed by atoms with Crippen molar-refractivity contribution in [3.63, 3.8) is 0 Å². The number of benzene rings is 1. The van der Waals surface area contributed by atoms with E-state index >= 15 is 0 Å². The molecule has 20 heavy (non-hydrogen) atoms. The van der Waals surface area contributed by atoms with Crippen LogP contribution in [-0.2, 0) is 0 Å². The number of hydrogen-bond acceptors (Lipinski definition) is 2. The van der Waals surface area contributed by atoms with Crippen molar-refractivity contribution in [2.45, 2.75) is 32.7 Å². The van der Waals surface area contributed by atoms with E-state index in [2.05, 4.69) is 59.2 Å². The number of nitrogens with zero attached hydrogens (tertiary/aromatic N) is 1. The first-order valence-electron chi connectivity index (χ1n) is 7.26. The van der Waals surface area contributed by atoms with Gasteiger partial charge in [0.2, 0.25) is 0 Å². The number of rotatable bonds is 4. The van der Waals surface area contributed by atoms with E-state index in [1.165, 1.54) is 31.5 Å². The predicted octanol–water partition coefficient (Wildman–Crippen LogP) is 4.49. The average Bonchev–Trinajstić information content (AvgIpc) is 2.40. The third-order valence-corrected chi connectivity index (χ3v) is 5.28. The highest BCUT2D eigenvalue weighted by molar-refractivity contribution is 9.10. The summed E-state index contributed by atoms with van der Waals surface area (Å²) in [5, 5.41) is 4.49. The van der Waals surface area contributed by atoms with Crippen LogP contribution in [-0.4, -0.2) is 31.6 Å². The summed E-state index contributed by atoms with van der Waals surface area (Å²) >= 11 is 9.77. The lowest BCUT2D eigenvalue weighted by Gasteiger charge is -2.38. The van der Waals surface area contributed by atoms with E-state index in [4.69, 9.17) is 11.6 Å². The van der Waals surface area contributed by atoms with Gasteiger partial charge < -0.3 is 10.2 Å². The zero-order chi connectivity index (χ0) is 14.8. The third kappa shape index (κ3) is 4.20. The van der Waals surface area contributed by atoms with Gasteiger partial charge in [-0.05, 0) is 63.0 Å². The predicted molar refractivity (Wildman–Crippen MR) is 90.4 cm³/mol. The first kappa shape index (κ1) is 16.3. The second-order valence-corrected chi connectivity index (χ2v) is 7.71. The van der Waals surface area contributed by atoms with Crippen molar-refractivity contribution in [3.05, 3.63) is 33.3 Å². The Morgan fingerprint density at radius 2 is 2.05 bits per heavy atom. The average molecular weight is 360 g/mol. The maximum absolute atomic E-state index is 6.32. The number of piperidine rings is 1. The zero-order valence-electron chi connectivity index (χ0n) is 12.5. The molecule has 1 N–H and O–H groups in total. The minimum atomic E-state index is 0.284. The molecule has 0 bridgehead atoms. The molecule has 0 saturated carbocycles. The summed E-state index contributed by atoms with van der Waals surface area (Å²) in [5.41, 5.74) is 1.58. The summed E-state index contributed by atoms with van der Waals surface area (Å²) in [6.07, 6.45) is 2.52. The standard InChI is InChI=1S/C16H24BrClN2/c1-12(14-5-4-13(17)10-15(14)18)19-11-16(2)6-8-20(3)9-7-16/h4-5,10,12,19H,6-9,11H2,1-3H3. The first-order chi connectivity index (χ1) is 9.39. The second-order valence-electron chi connectivity index (χ2n) is 6.38. The highest BCUT2D eigenvalue weighted by Crippen LogP contribution is 2.31. The molecule has 1 atom stereocenters. The minimum absolute atomic E-state index is 0.284. The van der Waals surface area contributed by atoms with Crippen molar-refractivity contribution < 1.29 is 0 Å². The minimum Gasteiger partial charge on any atom is -0.310 e. The van der Waals surface area contributed by atoms with Crippen LogP contribution in [0.5, 0.6) is 0 Å². The molecule has 0 aliphatic carbocycles. The molecule has 1 aliphatic heterocycles. The molecule has 0 spiro atoms. The lowest BCUT2D eigenvalue weighted by Crippen LogP contribution is -2.42. The summed E-state index contributed by atoms with van der Waals surface area (Å²) in [4.78, 5) is 2.41. The molecule has 112 valence electrons. The smallest absolute Gasteiger partial charge is 0.0464 e. The van der Waals surface area contributed by atoms with Gasteiger partial charge in [0.25, 0.3) is 0 Å². The molecule has 1 saturated heterocycles. The molecular weight excluding hydrogens is 336 g/mol. The second kappa shape index (κ2) is 6.78. The van der Waals surface area contributed by atoms with Crippen LogP contribution in [0.4, 0.5) is 0 Å². The van der Waals surface area contributed by atoms with Gasteiger partial charge in [-0.15, -0.1) is 0 Å². The van der Waals surface area contributed by atoms with Crippen molar-refractivity contribution in [1.29, 1.82) is 0 Å². The van der Waals surface area contributed by atoms with Crippen LogP contribution < -0.4 is 5.32 Å². The van der Waals surface area contributed by atoms with Gasteiger partial charge in [0.15, 0.2) is 0 Å². The maximum atomic E-state index is 6.32. The van der Waals surface area contributed by atoms with Gasteiger partial charge >= 0.3 is 0 Å². The van der Waals surface area contributed by atoms with Crippen molar-refractivity contribution in [1.82, 2.24) is 10.2 Å². The molecule has 1 aromatic carbocycles. The Morgan fingerprint density at radius 3 is 2.65 bits per heavy atom. The fourth-order valence-electron chi connectivity index (χ4n) is 2.70. The van der Waals surface area contributed by atoms with Crippen LogP contribution >= 0.6 is 27.5 Å². The van der Waals surface area contributed by atoms with E-state index in [9.17, 15) is 0 Å². The van der Waals surface area contributed by atoms with Crippen LogP contribution in [0.1, 0.15) is 38.3 Å². The van der Waals surface area contributed by atoms with E-state index in [1.807, 2.05) is 6.07 Å². The fourth-order valence-corrected chi connectivity index (χ4v) is 3.53. The van der Waals surface area contributed by atoms with Crippen LogP contribution in [0.2, 0.25) is 5.02 Å². The van der Waals surface area contributed by atoms with Crippen molar-refractivity contribution in [2.24, 2.45) is 5.41 Å². The Kier molecular flexibility index (Phi) is 5.52. The van der Waals surface area contributed by atoms with Gasteiger partial charge in [0.1, 0.15) is 0 Å². The van der Waals surface area contributed by atoms with Gasteiger partial charge in [-0.2, -0.15) is 0 Å². The monoisotopic (exact) mass is 358 g/mol. The molecule has 1 fully saturated rings. The summed E-state index contributed by atoms with van der Waals surface area (Å²) in [6, 6.07) is 6.40. The quantitative estimate of drug-likeness (QED) is 0.852. The third-order valence-electron chi connectivity index (χ3n) is 4.46. The van der Waals surface area contributed by atoms with E-state index in [0.717, 1.165) is 16.0 Å². The van der Waals surface area contributed by atoms with Crippen LogP contribution in [0.3, 0.4) is 0 Å². The Morgan fingerprint density at radius 1 is 1.40 bits per heavy atom. The summed E-state index contributed by atoms with van der Waals surface area (Å²) in [6.45, 7) is 8.03. The molecule has 2 nitrogen and oxygen atoms in total. The van der Waals surface area contributed by atoms with Gasteiger partial charge in [-0.25, -0.2) is 0 Å². The lowest BCUT2D eigenvalue weighted by atomic mass is 9.80. The first-order valence-corrected chi connectivity index (χ1v) is 8.44. The molecule has 1 unspecified atom stereocenters. The van der Waals surface area contributed by atoms with Gasteiger partial charge in [0, 0.05) is 22.1 Å². The highest BCUT2D eigenvalue weighted by atomic mass is 79.9. The van der Waals surface area contributed by atoms with Crippen molar-refractivity contribution in [3.8, 4) is 0 Å². The van der Waals surface area contributed by atoms with E-state index in [-0.39, 0.29) is 6.04 Å². The Balaban J connectivity index is 1.93. The largest absolute Gasteiger partial charge is 0.310 e. The molecule has 1 aromatic rings. The Hall–Kier alpha value is -0.0900. The van der Waals surface area contributed by atoms with E-state index < -0.39 is 0 Å². The SMILES string of the molecule is CC(NCC1(C)CCN(C)CC1)c1ccc(Br)cc1Cl. The van der Waals surface area contributed by atoms with Crippen molar-refractivity contribution >= 4 is 27.5 Å². The Bertz CT molecular complexity index is 456. The highest BCUT2D eigenvalue weighted by Gasteiger charge is 2.29. The normalized spacial score (nSPS) is 20.9. The topological polar surface area (TPSA) is 15.3 Å². The lowest BCUT2D eigenvalue weighted by molar-refractivity contribution is 0.134. The van der Waals surface area contributed by atoms with Gasteiger partial charge in [-0.3, -0.25) is 0 Å². The molecule has 1 aliphatic rings. The molecule has 0 aromatic heterocycles. The summed E-state index contributed by atoms with van der Waals surface area (Å²) < 4.78 is 1.03. The van der Waals surface area contributed by atoms with Gasteiger partial charge in [0.05, 0.1) is 0 Å². The Labute approximate surface area is 136 Å². The van der Waals surface area contributed by atoms with Crippen LogP contribution in [0.25, 0.3) is 0 Å². The molecule has 1 heterocycles. The summed E-state index contributed by atoms with van der Waals surface area (Å²) in [5.74, 6) is 0. The van der Waals surface area contributed by atoms with E-state index in [0.29, 0.717) is 5.41 Å². The number of hydrogen-bond donors (Lipinski definition) is 1. The summed E-state index contributed by atoms with van der Waals surface area (Å²) in [7, 11) is 2.21. The zero-order valence-corrected chi connectivity index (χ0v) is 14.9.